The van der Waals surface area contributed by atoms with E-state index in [1.54, 1.807) is 26.0 Å². The second-order valence-corrected chi connectivity index (χ2v) is 17.8. The molecule has 4 heterocycles. The van der Waals surface area contributed by atoms with E-state index in [0.717, 1.165) is 4.90 Å². The molecule has 2 aromatic rings. The molecule has 356 valence electrons. The van der Waals surface area contributed by atoms with Gasteiger partial charge in [-0.3, -0.25) is 47.4 Å². The van der Waals surface area contributed by atoms with Crippen LogP contribution in [0.2, 0.25) is 0 Å². The summed E-state index contributed by atoms with van der Waals surface area (Å²) in [5, 5.41) is 48.8. The van der Waals surface area contributed by atoms with E-state index in [4.69, 9.17) is 10.5 Å². The summed E-state index contributed by atoms with van der Waals surface area (Å²) in [5.41, 5.74) is 5.95. The van der Waals surface area contributed by atoms with Gasteiger partial charge in [0, 0.05) is 36.8 Å². The molecular formula is C40H56N10O14S. The summed E-state index contributed by atoms with van der Waals surface area (Å²) in [5.74, 6) is -11.3. The van der Waals surface area contributed by atoms with Gasteiger partial charge in [0.25, 0.3) is 0 Å². The molecule has 0 radical (unpaired) electrons. The van der Waals surface area contributed by atoms with Crippen LogP contribution in [0.25, 0.3) is 10.9 Å². The third kappa shape index (κ3) is 11.9. The molecule has 3 aliphatic heterocycles. The fourth-order valence-corrected chi connectivity index (χ4v) is 9.22. The Morgan fingerprint density at radius 1 is 0.892 bits per heavy atom. The number of fused-ring (bicyclic) bond motifs is 5. The molecule has 0 saturated carbocycles. The number of primary amides is 1. The minimum absolute atomic E-state index is 0.107. The van der Waals surface area contributed by atoms with Crippen LogP contribution in [0.1, 0.15) is 45.6 Å². The standard InChI is InChI=1S/C40H56N10O14S/c1-5-17(2)32-37(60)43-12-30(55)44-26-16-65(63)39-22(21-7-6-20(64-4)9-23(21)47-39)10-24(34(57)42-13-31(56)48-32)45-38(61)33(18(3)28(53)15-51)49-36(59)27-8-19(52)14-50(27)40(62)25(11-29(41)54)46-35(26)58/h6-7,9,17-19,24-28,32-33,47,51-53H,5,8,10-16H2,1-4H3,(H2,41,54)(H,42,57)(H,43,60)(H,44,55)(H,45,61)(H,46,58)(H,48,56)(H,49,59)/t17?,18-,19+,24-,25-,26-,27-,28-,32-,33-,65?/m0/s1. The van der Waals surface area contributed by atoms with Crippen molar-refractivity contribution >= 4 is 74.9 Å². The lowest BCUT2D eigenvalue weighted by atomic mass is 9.93. The van der Waals surface area contributed by atoms with E-state index in [2.05, 4.69) is 42.2 Å². The first-order valence-electron chi connectivity index (χ1n) is 20.9. The van der Waals surface area contributed by atoms with Crippen molar-refractivity contribution in [2.75, 3.05) is 39.1 Å². The van der Waals surface area contributed by atoms with Gasteiger partial charge >= 0.3 is 0 Å². The Labute approximate surface area is 374 Å². The Balaban J connectivity index is 1.74. The highest BCUT2D eigenvalue weighted by Gasteiger charge is 2.45. The maximum atomic E-state index is 14.7. The summed E-state index contributed by atoms with van der Waals surface area (Å²) in [6, 6.07) is -5.18. The largest absolute Gasteiger partial charge is 0.497 e. The average Bonchev–Trinajstić information content (AvgIpc) is 3.85. The number of benzene rings is 1. The van der Waals surface area contributed by atoms with Gasteiger partial charge in [-0.2, -0.15) is 0 Å². The third-order valence-electron chi connectivity index (χ3n) is 11.8. The van der Waals surface area contributed by atoms with Crippen molar-refractivity contribution in [3.05, 3.63) is 23.8 Å². The fourth-order valence-electron chi connectivity index (χ4n) is 7.82. The Morgan fingerprint density at radius 2 is 1.57 bits per heavy atom. The van der Waals surface area contributed by atoms with Crippen molar-refractivity contribution in [1.82, 2.24) is 47.1 Å². The first-order valence-corrected chi connectivity index (χ1v) is 22.3. The van der Waals surface area contributed by atoms with Gasteiger partial charge in [0.15, 0.2) is 0 Å². The number of nitrogens with one attached hydrogen (secondary N) is 8. The van der Waals surface area contributed by atoms with Gasteiger partial charge in [-0.1, -0.05) is 27.2 Å². The second kappa shape index (κ2) is 21.7. The van der Waals surface area contributed by atoms with Crippen LogP contribution < -0.4 is 47.7 Å². The lowest BCUT2D eigenvalue weighted by Gasteiger charge is -2.32. The molecule has 3 aliphatic rings. The number of amides is 9. The number of aliphatic hydroxyl groups excluding tert-OH is 3. The summed E-state index contributed by atoms with van der Waals surface area (Å²) >= 11 is 0. The molecule has 1 aromatic carbocycles. The van der Waals surface area contributed by atoms with Crippen LogP contribution in [-0.2, 0) is 60.4 Å². The number of rotatable bonds is 8. The summed E-state index contributed by atoms with van der Waals surface area (Å²) in [7, 11) is -0.944. The topological polar surface area (TPSA) is 370 Å². The van der Waals surface area contributed by atoms with Crippen molar-refractivity contribution in [3.8, 4) is 5.75 Å². The molecule has 25 heteroatoms. The highest BCUT2D eigenvalue weighted by Crippen LogP contribution is 2.30. The molecule has 2 bridgehead atoms. The minimum Gasteiger partial charge on any atom is -0.497 e. The molecule has 11 atom stereocenters. The minimum atomic E-state index is -2.34. The van der Waals surface area contributed by atoms with Crippen LogP contribution in [0.15, 0.2) is 23.2 Å². The molecule has 13 N–H and O–H groups in total. The second-order valence-electron chi connectivity index (χ2n) is 16.3. The van der Waals surface area contributed by atoms with Crippen LogP contribution in [0.5, 0.6) is 5.75 Å². The number of nitrogens with two attached hydrogens (primary N) is 1. The molecule has 0 spiro atoms. The number of aromatic nitrogens is 1. The molecule has 1 aromatic heterocycles. The first kappa shape index (κ1) is 49.8. The van der Waals surface area contributed by atoms with Crippen LogP contribution >= 0.6 is 0 Å². The van der Waals surface area contributed by atoms with Crippen molar-refractivity contribution in [2.24, 2.45) is 17.6 Å². The number of carbonyl (C=O) groups excluding carboxylic acids is 9. The Morgan fingerprint density at radius 3 is 2.22 bits per heavy atom. The lowest BCUT2D eigenvalue weighted by molar-refractivity contribution is -0.144. The number of H-pyrrole nitrogens is 1. The third-order valence-corrected chi connectivity index (χ3v) is 13.2. The molecule has 24 nitrogen and oxygen atoms in total. The summed E-state index contributed by atoms with van der Waals surface area (Å²) in [6.07, 6.45) is -4.33. The monoisotopic (exact) mass is 932 g/mol. The molecule has 9 amide bonds. The number of aliphatic hydroxyl groups is 3. The molecular weight excluding hydrogens is 877 g/mol. The summed E-state index contributed by atoms with van der Waals surface area (Å²) in [6.45, 7) is 1.84. The maximum absolute atomic E-state index is 14.7. The zero-order valence-corrected chi connectivity index (χ0v) is 37.0. The lowest BCUT2D eigenvalue weighted by Crippen LogP contribution is -2.62. The van der Waals surface area contributed by atoms with Crippen LogP contribution in [0, 0.1) is 11.8 Å². The molecule has 1 fully saturated rings. The fraction of sp³-hybridized carbons (Fsp3) is 0.575. The molecule has 1 saturated heterocycles. The van der Waals surface area contributed by atoms with E-state index in [-0.39, 0.29) is 10.6 Å². The van der Waals surface area contributed by atoms with Crippen molar-refractivity contribution in [1.29, 1.82) is 0 Å². The van der Waals surface area contributed by atoms with E-state index >= 15 is 0 Å². The van der Waals surface area contributed by atoms with E-state index in [0.29, 0.717) is 23.1 Å². The Hall–Kier alpha value is -6.18. The number of hydrogen-bond donors (Lipinski definition) is 12. The summed E-state index contributed by atoms with van der Waals surface area (Å²) < 4.78 is 20.0. The normalized spacial score (nSPS) is 28.2. The van der Waals surface area contributed by atoms with Gasteiger partial charge in [-0.15, -0.1) is 0 Å². The van der Waals surface area contributed by atoms with E-state index in [1.165, 1.54) is 20.1 Å². The average molecular weight is 933 g/mol. The number of nitrogens with zero attached hydrogens (tertiary/aromatic N) is 1. The SMILES string of the molecule is CCC(C)[C@@H]1NC(=O)CNC(=O)[C@@H]2Cc3c([nH]c4cc(OC)ccc34)S(=O)C[C@H](NC(=O)CNC1=O)C(=O)N[C@@H](CC(N)=O)C(=O)N1C[C@H](O)C[C@H]1C(=O)N[C@@H]([C@@H](C)[C@@H](O)CO)C(=O)N2. The predicted molar refractivity (Wildman–Crippen MR) is 227 cm³/mol. The van der Waals surface area contributed by atoms with E-state index < -0.39 is 176 Å². The van der Waals surface area contributed by atoms with Crippen LogP contribution in [-0.4, -0.2) is 170 Å². The van der Waals surface area contributed by atoms with Gasteiger partial charge in [0.1, 0.15) is 47.0 Å². The molecule has 2 unspecified atom stereocenters. The first-order chi connectivity index (χ1) is 30.8. The van der Waals surface area contributed by atoms with E-state index in [9.17, 15) is 62.7 Å². The molecule has 0 aliphatic carbocycles. The highest BCUT2D eigenvalue weighted by molar-refractivity contribution is 7.85. The maximum Gasteiger partial charge on any atom is 0.246 e. The van der Waals surface area contributed by atoms with Crippen molar-refractivity contribution in [2.45, 2.75) is 99.9 Å². The van der Waals surface area contributed by atoms with Gasteiger partial charge in [-0.05, 0) is 23.6 Å². The number of ether oxygens (including phenoxy) is 1. The van der Waals surface area contributed by atoms with Crippen molar-refractivity contribution in [3.63, 3.8) is 0 Å². The summed E-state index contributed by atoms with van der Waals surface area (Å²) in [4.78, 5) is 128. The van der Waals surface area contributed by atoms with Gasteiger partial charge < -0.3 is 72.9 Å². The molecule has 65 heavy (non-hydrogen) atoms. The Kier molecular flexibility index (Phi) is 16.6. The van der Waals surface area contributed by atoms with Crippen molar-refractivity contribution < 1.29 is 67.4 Å². The number of hydrogen-bond acceptors (Lipinski definition) is 14. The molecule has 5 rings (SSSR count). The van der Waals surface area contributed by atoms with Crippen LogP contribution in [0.3, 0.4) is 0 Å². The van der Waals surface area contributed by atoms with Crippen LogP contribution in [0.4, 0.5) is 0 Å². The quantitative estimate of drug-likeness (QED) is 0.118. The zero-order valence-electron chi connectivity index (χ0n) is 36.1. The zero-order chi connectivity index (χ0) is 47.9. The van der Waals surface area contributed by atoms with Gasteiger partial charge in [-0.25, -0.2) is 0 Å². The Bertz CT molecular complexity index is 2220. The van der Waals surface area contributed by atoms with E-state index in [1.807, 2.05) is 0 Å². The predicted octanol–water partition coefficient (Wildman–Crippen LogP) is -5.62. The number of carbonyl (C=O) groups is 9. The smallest absolute Gasteiger partial charge is 0.246 e. The highest BCUT2D eigenvalue weighted by atomic mass is 32.2. The number of methoxy groups -OCH3 is 1. The van der Waals surface area contributed by atoms with Gasteiger partial charge in [0.2, 0.25) is 53.2 Å². The number of aromatic amines is 1. The van der Waals surface area contributed by atoms with Gasteiger partial charge in [0.05, 0.1) is 67.5 Å².